The third kappa shape index (κ3) is 4.69. The number of anilines is 1. The van der Waals surface area contributed by atoms with Crippen LogP contribution in [0.5, 0.6) is 0 Å². The molecule has 8 nitrogen and oxygen atoms in total. The van der Waals surface area contributed by atoms with Crippen molar-refractivity contribution in [3.63, 3.8) is 0 Å². The smallest absolute Gasteiger partial charge is 0.339 e. The molecule has 0 spiro atoms. The first-order valence-electron chi connectivity index (χ1n) is 9.56. The van der Waals surface area contributed by atoms with Crippen molar-refractivity contribution in [2.24, 2.45) is 0 Å². The average Bonchev–Trinajstić information content (AvgIpc) is 2.79. The number of hydrogen-bond acceptors (Lipinski definition) is 6. The topological polar surface area (TPSA) is 87.2 Å². The Balaban J connectivity index is 1.64. The van der Waals surface area contributed by atoms with Crippen molar-refractivity contribution in [3.8, 4) is 0 Å². The van der Waals surface area contributed by atoms with Crippen LogP contribution in [0.2, 0.25) is 0 Å². The molecule has 0 aromatic heterocycles. The molecule has 1 amide bonds. The van der Waals surface area contributed by atoms with E-state index in [2.05, 4.69) is 0 Å². The fourth-order valence-corrected chi connectivity index (χ4v) is 4.93. The highest BCUT2D eigenvalue weighted by atomic mass is 32.2. The van der Waals surface area contributed by atoms with Crippen LogP contribution in [0.25, 0.3) is 0 Å². The van der Waals surface area contributed by atoms with Crippen LogP contribution in [0.15, 0.2) is 59.5 Å². The highest BCUT2D eigenvalue weighted by molar-refractivity contribution is 7.89. The number of hydrogen-bond donors (Lipinski definition) is 0. The summed E-state index contributed by atoms with van der Waals surface area (Å²) in [5.74, 6) is -0.754. The maximum atomic E-state index is 13.1. The van der Waals surface area contributed by atoms with Gasteiger partial charge >= 0.3 is 5.97 Å². The number of esters is 1. The standard InChI is InChI=1S/C21H25N3O5S/c1-22(17-8-4-3-5-9-17)20(25)16-23-12-14-24(15-13-23)30(27,28)19-11-7-6-10-18(19)21(26)29-2/h3-11H,12-16H2,1-2H3. The van der Waals surface area contributed by atoms with Gasteiger partial charge in [-0.2, -0.15) is 4.31 Å². The monoisotopic (exact) mass is 431 g/mol. The molecule has 0 atom stereocenters. The lowest BCUT2D eigenvalue weighted by Crippen LogP contribution is -2.51. The van der Waals surface area contributed by atoms with Crippen molar-refractivity contribution in [2.75, 3.05) is 51.8 Å². The zero-order valence-electron chi connectivity index (χ0n) is 17.0. The van der Waals surface area contributed by atoms with E-state index in [1.807, 2.05) is 35.2 Å². The molecule has 2 aromatic rings. The first-order chi connectivity index (χ1) is 14.3. The number of rotatable bonds is 6. The first-order valence-corrected chi connectivity index (χ1v) is 11.0. The minimum atomic E-state index is -3.85. The molecule has 0 bridgehead atoms. The van der Waals surface area contributed by atoms with Crippen molar-refractivity contribution in [3.05, 3.63) is 60.2 Å². The SMILES string of the molecule is COC(=O)c1ccccc1S(=O)(=O)N1CCN(CC(=O)N(C)c2ccccc2)CC1. The number of ether oxygens (including phenoxy) is 1. The number of para-hydroxylation sites is 1. The lowest BCUT2D eigenvalue weighted by atomic mass is 10.2. The molecule has 1 saturated heterocycles. The molecular weight excluding hydrogens is 406 g/mol. The molecule has 0 saturated carbocycles. The Labute approximate surface area is 176 Å². The van der Waals surface area contributed by atoms with Crippen molar-refractivity contribution in [2.45, 2.75) is 4.90 Å². The van der Waals surface area contributed by atoms with E-state index in [1.165, 1.54) is 23.5 Å². The van der Waals surface area contributed by atoms with Crippen LogP contribution in [-0.2, 0) is 19.6 Å². The molecule has 9 heteroatoms. The molecule has 3 rings (SSSR count). The molecule has 1 aliphatic rings. The number of carbonyl (C=O) groups excluding carboxylic acids is 2. The van der Waals surface area contributed by atoms with E-state index in [4.69, 9.17) is 4.74 Å². The Morgan fingerprint density at radius 2 is 1.57 bits per heavy atom. The predicted molar refractivity (Wildman–Crippen MR) is 113 cm³/mol. The van der Waals surface area contributed by atoms with E-state index in [1.54, 1.807) is 24.1 Å². The summed E-state index contributed by atoms with van der Waals surface area (Å²) in [5.41, 5.74) is 0.824. The molecule has 160 valence electrons. The van der Waals surface area contributed by atoms with Gasteiger partial charge in [0.05, 0.1) is 24.1 Å². The van der Waals surface area contributed by atoms with Gasteiger partial charge in [0.2, 0.25) is 15.9 Å². The third-order valence-corrected chi connectivity index (χ3v) is 7.07. The van der Waals surface area contributed by atoms with Crippen LogP contribution in [0.1, 0.15) is 10.4 Å². The molecule has 0 unspecified atom stereocenters. The number of sulfonamides is 1. The summed E-state index contributed by atoms with van der Waals surface area (Å²) in [6.07, 6.45) is 0. The molecule has 1 aliphatic heterocycles. The number of methoxy groups -OCH3 is 1. The van der Waals surface area contributed by atoms with Crippen LogP contribution in [0, 0.1) is 0 Å². The number of carbonyl (C=O) groups is 2. The first kappa shape index (κ1) is 21.9. The van der Waals surface area contributed by atoms with Crippen LogP contribution in [0.3, 0.4) is 0 Å². The van der Waals surface area contributed by atoms with E-state index < -0.39 is 16.0 Å². The normalized spacial score (nSPS) is 15.5. The third-order valence-electron chi connectivity index (χ3n) is 5.12. The number of amides is 1. The zero-order chi connectivity index (χ0) is 21.7. The highest BCUT2D eigenvalue weighted by Crippen LogP contribution is 2.22. The molecule has 1 heterocycles. The lowest BCUT2D eigenvalue weighted by molar-refractivity contribution is -0.119. The molecule has 2 aromatic carbocycles. The van der Waals surface area contributed by atoms with Gasteiger partial charge in [-0.25, -0.2) is 13.2 Å². The van der Waals surface area contributed by atoms with Gasteiger partial charge in [-0.15, -0.1) is 0 Å². The van der Waals surface area contributed by atoms with E-state index in [0.29, 0.717) is 13.1 Å². The van der Waals surface area contributed by atoms with Crippen LogP contribution >= 0.6 is 0 Å². The van der Waals surface area contributed by atoms with E-state index in [9.17, 15) is 18.0 Å². The summed E-state index contributed by atoms with van der Waals surface area (Å²) in [7, 11) is -0.908. The van der Waals surface area contributed by atoms with Crippen LogP contribution in [0.4, 0.5) is 5.69 Å². The summed E-state index contributed by atoms with van der Waals surface area (Å²) in [6, 6.07) is 15.4. The maximum absolute atomic E-state index is 13.1. The number of piperazine rings is 1. The van der Waals surface area contributed by atoms with Gasteiger partial charge in [-0.05, 0) is 24.3 Å². The van der Waals surface area contributed by atoms with Crippen molar-refractivity contribution in [1.82, 2.24) is 9.21 Å². The van der Waals surface area contributed by atoms with E-state index in [-0.39, 0.29) is 36.0 Å². The summed E-state index contributed by atoms with van der Waals surface area (Å²) in [6.45, 7) is 1.53. The van der Waals surface area contributed by atoms with Gasteiger partial charge in [0.25, 0.3) is 0 Å². The Morgan fingerprint density at radius 1 is 0.967 bits per heavy atom. The quantitative estimate of drug-likeness (QED) is 0.644. The van der Waals surface area contributed by atoms with Gasteiger partial charge in [0, 0.05) is 38.9 Å². The minimum absolute atomic E-state index is 0.0158. The number of benzene rings is 2. The Morgan fingerprint density at radius 3 is 2.20 bits per heavy atom. The second-order valence-corrected chi connectivity index (χ2v) is 8.86. The molecular formula is C21H25N3O5S. The van der Waals surface area contributed by atoms with Crippen molar-refractivity contribution < 1.29 is 22.7 Å². The van der Waals surface area contributed by atoms with Gasteiger partial charge in [-0.3, -0.25) is 9.69 Å². The number of nitrogens with zero attached hydrogens (tertiary/aromatic N) is 3. The predicted octanol–water partition coefficient (Wildman–Crippen LogP) is 1.44. The molecule has 0 radical (unpaired) electrons. The van der Waals surface area contributed by atoms with Gasteiger partial charge in [0.15, 0.2) is 0 Å². The number of likely N-dealkylation sites (N-methyl/N-ethyl adjacent to an activating group) is 1. The fourth-order valence-electron chi connectivity index (χ4n) is 3.33. The molecule has 0 N–H and O–H groups in total. The van der Waals surface area contributed by atoms with E-state index in [0.717, 1.165) is 5.69 Å². The summed E-state index contributed by atoms with van der Waals surface area (Å²) >= 11 is 0. The second kappa shape index (κ2) is 9.38. The molecule has 0 aliphatic carbocycles. The average molecular weight is 432 g/mol. The Kier molecular flexibility index (Phi) is 6.86. The van der Waals surface area contributed by atoms with Crippen LogP contribution < -0.4 is 4.90 Å². The van der Waals surface area contributed by atoms with E-state index >= 15 is 0 Å². The summed E-state index contributed by atoms with van der Waals surface area (Å²) in [5, 5.41) is 0. The lowest BCUT2D eigenvalue weighted by Gasteiger charge is -2.34. The second-order valence-electron chi connectivity index (χ2n) is 6.96. The largest absolute Gasteiger partial charge is 0.465 e. The molecule has 1 fully saturated rings. The zero-order valence-corrected chi connectivity index (χ0v) is 17.8. The van der Waals surface area contributed by atoms with Gasteiger partial charge < -0.3 is 9.64 Å². The summed E-state index contributed by atoms with van der Waals surface area (Å²) in [4.78, 5) is 28.0. The van der Waals surface area contributed by atoms with Crippen LogP contribution in [-0.4, -0.2) is 76.4 Å². The van der Waals surface area contributed by atoms with Gasteiger partial charge in [0.1, 0.15) is 0 Å². The Bertz CT molecular complexity index is 1000. The molecule has 30 heavy (non-hydrogen) atoms. The summed E-state index contributed by atoms with van der Waals surface area (Å²) < 4.78 is 32.2. The van der Waals surface area contributed by atoms with Gasteiger partial charge in [-0.1, -0.05) is 30.3 Å². The minimum Gasteiger partial charge on any atom is -0.465 e. The fraction of sp³-hybridized carbons (Fsp3) is 0.333. The van der Waals surface area contributed by atoms with Crippen molar-refractivity contribution in [1.29, 1.82) is 0 Å². The van der Waals surface area contributed by atoms with Crippen molar-refractivity contribution >= 4 is 27.6 Å². The maximum Gasteiger partial charge on any atom is 0.339 e. The highest BCUT2D eigenvalue weighted by Gasteiger charge is 2.32. The Hall–Kier alpha value is -2.75.